The Morgan fingerprint density at radius 3 is 1.17 bits per heavy atom. The molecule has 0 amide bonds. The predicted molar refractivity (Wildman–Crippen MR) is 378 cm³/mol. The number of hydrogen-bond donors (Lipinski definition) is 13. The molecule has 18 rings (SSSR count). The van der Waals surface area contributed by atoms with Crippen LogP contribution in [0.1, 0.15) is 175 Å². The Morgan fingerprint density at radius 1 is 0.463 bits per heavy atom. The number of likely N-dealkylation sites (tertiary alicyclic amines) is 3. The van der Waals surface area contributed by atoms with Crippen molar-refractivity contribution < 1.29 is 163 Å². The second-order valence-electron chi connectivity index (χ2n) is 35.6. The number of ketones is 1. The highest BCUT2D eigenvalue weighted by molar-refractivity contribution is 5.91. The fourth-order valence-electron chi connectivity index (χ4n) is 24.0. The summed E-state index contributed by atoms with van der Waals surface area (Å²) in [5.41, 5.74) is 2.82. The molecule has 6 saturated carbocycles. The molecule has 592 valence electrons. The van der Waals surface area contributed by atoms with Crippen molar-refractivity contribution in [3.63, 3.8) is 0 Å². The van der Waals surface area contributed by atoms with Crippen LogP contribution < -0.4 is 81.1 Å². The molecule has 9 aliphatic carbocycles. The molecule has 15 aliphatic rings. The van der Waals surface area contributed by atoms with E-state index in [2.05, 4.69) is 50.1 Å². The summed E-state index contributed by atoms with van der Waals surface area (Å²) in [6.45, 7) is 8.25. The Labute approximate surface area is 659 Å². The van der Waals surface area contributed by atoms with Crippen LogP contribution in [0.25, 0.3) is 0 Å². The maximum Gasteiger partial charge on any atom is 0.326 e. The third-order valence-electron chi connectivity index (χ3n) is 29.4. The summed E-state index contributed by atoms with van der Waals surface area (Å²) in [5, 5.41) is 114. The van der Waals surface area contributed by atoms with Gasteiger partial charge in [0.1, 0.15) is 82.5 Å². The van der Waals surface area contributed by atoms with E-state index in [1.807, 2.05) is 24.3 Å². The first kappa shape index (κ1) is 80.2. The lowest BCUT2D eigenvalue weighted by atomic mass is 9.47. The molecule has 6 heterocycles. The fraction of sp³-hybridized carbons (Fsp3) is 0.684. The number of aliphatic carboxylic acids is 6. The van der Waals surface area contributed by atoms with Gasteiger partial charge in [0.05, 0.1) is 99.8 Å². The molecule has 3 aromatic carbocycles. The molecule has 3 spiro atoms. The van der Waals surface area contributed by atoms with E-state index >= 15 is 0 Å². The van der Waals surface area contributed by atoms with Crippen molar-refractivity contribution in [1.82, 2.24) is 0 Å². The SMILES string of the molecule is C[C@@H]1CC[C@@]2(O)[C@H]3Cc4ccc(N[C@@H](CCC(=O)O)C(=O)O)c5c4[C@@]2(CC[N+]3(C)CC2CC2)[C@H]1O5.C[N+]1(CC2CC2)CC[C@]23c4c5ccc(N[C@@H](CCC(=O)O)C(=O)O)c4O[C@H]2C(=O)CC[C@@]3(O)[C@H]1C5.C[N+]1(CC2CC2)CC[C@]23c4c5ccc(N[C@@H](CCC(=O)O)C(=O)O)c4O[C@H]2[C@H](O)CC[C@@]3(O)[C@H]1C5.[Br-].[Br-].[Br-]. The van der Waals surface area contributed by atoms with E-state index in [0.717, 1.165) is 124 Å². The van der Waals surface area contributed by atoms with E-state index in [9.17, 15) is 69.3 Å². The summed E-state index contributed by atoms with van der Waals surface area (Å²) in [4.78, 5) is 81.9. The number of halogens is 3. The third-order valence-corrected chi connectivity index (χ3v) is 29.4. The normalized spacial score (nSPS) is 37.6. The summed E-state index contributed by atoms with van der Waals surface area (Å²) < 4.78 is 22.1. The van der Waals surface area contributed by atoms with Gasteiger partial charge in [-0.15, -0.1) is 0 Å². The number of carbonyl (C=O) groups is 7. The Morgan fingerprint density at radius 2 is 0.796 bits per heavy atom. The predicted octanol–water partition coefficient (Wildman–Crippen LogP) is -3.05. The molecule has 9 fully saturated rings. The number of nitrogens with one attached hydrogen (secondary N) is 3. The smallest absolute Gasteiger partial charge is 0.326 e. The number of anilines is 3. The summed E-state index contributed by atoms with van der Waals surface area (Å²) in [5.74, 6) is -2.36. The Hall–Kier alpha value is -5.89. The van der Waals surface area contributed by atoms with Crippen LogP contribution >= 0.6 is 0 Å². The van der Waals surface area contributed by atoms with Gasteiger partial charge in [-0.2, -0.15) is 0 Å². The van der Waals surface area contributed by atoms with Crippen LogP contribution in [-0.2, 0) is 69.1 Å². The minimum Gasteiger partial charge on any atom is -1.00 e. The highest BCUT2D eigenvalue weighted by atomic mass is 79.9. The van der Waals surface area contributed by atoms with Gasteiger partial charge >= 0.3 is 35.8 Å². The number of aliphatic hydroxyl groups excluding tert-OH is 1. The van der Waals surface area contributed by atoms with Gasteiger partial charge in [-0.1, -0.05) is 25.1 Å². The van der Waals surface area contributed by atoms with Crippen LogP contribution in [-0.4, -0.2) is 244 Å². The molecule has 108 heavy (non-hydrogen) atoms. The zero-order valence-electron chi connectivity index (χ0n) is 61.8. The second kappa shape index (κ2) is 28.3. The molecule has 3 aromatic rings. The van der Waals surface area contributed by atoms with Gasteiger partial charge in [-0.25, -0.2) is 14.4 Å². The van der Waals surface area contributed by atoms with Gasteiger partial charge in [0.15, 0.2) is 11.9 Å². The quantitative estimate of drug-likeness (QED) is 0.0396. The summed E-state index contributed by atoms with van der Waals surface area (Å²) >= 11 is 0. The Bertz CT molecular complexity index is 3980. The van der Waals surface area contributed by atoms with Gasteiger partial charge in [-0.3, -0.25) is 19.2 Å². The number of benzene rings is 3. The zero-order chi connectivity index (χ0) is 74.3. The fourth-order valence-corrected chi connectivity index (χ4v) is 24.0. The molecule has 13 N–H and O–H groups in total. The number of nitrogens with zero attached hydrogens (tertiary/aromatic N) is 3. The molecule has 3 unspecified atom stereocenters. The molecule has 20 atom stereocenters. The number of likely N-dealkylation sites (N-methyl/N-ethyl adjacent to an activating group) is 3. The molecule has 6 aliphatic heterocycles. The van der Waals surface area contributed by atoms with Crippen LogP contribution in [0.2, 0.25) is 0 Å². The number of Topliss-reactive ketones (excluding diaryl/α,β-unsaturated/α-hetero) is 1. The maximum absolute atomic E-state index is 13.2. The first-order valence-electron chi connectivity index (χ1n) is 38.8. The monoisotopic (exact) mass is 1690 g/mol. The number of ether oxygens (including phenoxy) is 3. The highest BCUT2D eigenvalue weighted by Crippen LogP contribution is 2.70. The van der Waals surface area contributed by atoms with Crippen molar-refractivity contribution in [3.8, 4) is 17.2 Å². The number of carbonyl (C=O) groups excluding carboxylic acids is 1. The molecule has 6 bridgehead atoms. The topological polar surface area (TPSA) is 386 Å². The van der Waals surface area contributed by atoms with Crippen molar-refractivity contribution in [2.45, 2.75) is 255 Å². The van der Waals surface area contributed by atoms with Crippen molar-refractivity contribution in [1.29, 1.82) is 0 Å². The van der Waals surface area contributed by atoms with E-state index in [0.29, 0.717) is 78.8 Å². The Kier molecular flexibility index (Phi) is 21.0. The minimum atomic E-state index is -1.15. The van der Waals surface area contributed by atoms with Gasteiger partial charge in [0, 0.05) is 98.7 Å². The minimum absolute atomic E-state index is 0. The lowest BCUT2D eigenvalue weighted by molar-refractivity contribution is -0.950. The Balaban J connectivity index is 0.000000141. The van der Waals surface area contributed by atoms with Crippen LogP contribution in [0.5, 0.6) is 17.2 Å². The van der Waals surface area contributed by atoms with Gasteiger partial charge in [0.2, 0.25) is 0 Å². The number of quaternary nitrogens is 3. The van der Waals surface area contributed by atoms with Crippen LogP contribution in [0, 0.1) is 23.7 Å². The van der Waals surface area contributed by atoms with E-state index < -0.39 is 105 Å². The maximum atomic E-state index is 13.2. The van der Waals surface area contributed by atoms with Crippen molar-refractivity contribution in [2.75, 3.05) is 76.4 Å². The number of carboxylic acids is 6. The van der Waals surface area contributed by atoms with Crippen molar-refractivity contribution >= 4 is 58.7 Å². The molecule has 0 aromatic heterocycles. The van der Waals surface area contributed by atoms with Gasteiger partial charge in [-0.05, 0) is 131 Å². The van der Waals surface area contributed by atoms with Crippen LogP contribution in [0.4, 0.5) is 17.1 Å². The average molecular weight is 1700 g/mol. The van der Waals surface area contributed by atoms with Crippen LogP contribution in [0.3, 0.4) is 0 Å². The van der Waals surface area contributed by atoms with E-state index in [1.54, 1.807) is 6.07 Å². The number of rotatable bonds is 24. The first-order valence-corrected chi connectivity index (χ1v) is 38.8. The van der Waals surface area contributed by atoms with Gasteiger partial charge in [0.25, 0.3) is 0 Å². The molecule has 26 nitrogen and oxygen atoms in total. The molecular formula is C79H105Br3N6O20. The summed E-state index contributed by atoms with van der Waals surface area (Å²) in [7, 11) is 6.89. The van der Waals surface area contributed by atoms with Crippen LogP contribution in [0.15, 0.2) is 36.4 Å². The zero-order valence-corrected chi connectivity index (χ0v) is 66.5. The van der Waals surface area contributed by atoms with Crippen molar-refractivity contribution in [3.05, 3.63) is 69.8 Å². The van der Waals surface area contributed by atoms with Crippen molar-refractivity contribution in [2.24, 2.45) is 23.7 Å². The standard InChI is InChI=1S/C27H36N2O6.C26H34N2O7.C26H32N2O7.3BrH/c1-15-9-10-27(34)20-13-17-5-6-18(28-19(25(32)33)7-8-21(30)31)23-22(17)26(27,24(15)35-23)11-12-29(20,2)14-16-3-4-16;2*1-28(13-14-2-3-14)11-10-25-21-15-4-5-16(27-17(24(32)33)6-7-20(30)31)22(21)35-23(25)18(29)8-9-26(25,34)19(28)12-15;;;/h5-6,15-16,19-20,24,28,34H,3-4,7-14H2,1-2H3,(H-,30,31,32,33);4-5,14,17-19,23,27,29,34H,2-3,6-13H2,1H3,(H-,30,31,32,33);4-5,14,17,19,23,27,34H,2-3,6-13H2,1H3,(H-,30,31,32,33);3*1H/t15-,19+,20-,24+,26+,27-,29?;17-,18+,19+,23-,25-,26+,28?;17-,19+,23-,25-,26+,28?;;;/m100.../s1. The molecule has 29 heteroatoms. The highest BCUT2D eigenvalue weighted by Gasteiger charge is 2.80. The third kappa shape index (κ3) is 12.4. The first-order chi connectivity index (χ1) is 49.8. The lowest BCUT2D eigenvalue weighted by Crippen LogP contribution is -3.00. The molecule has 3 saturated heterocycles. The number of aliphatic hydroxyl groups is 4. The largest absolute Gasteiger partial charge is 1.00 e. The molecular weight excluding hydrogens is 1590 g/mol. The summed E-state index contributed by atoms with van der Waals surface area (Å²) in [6.07, 6.45) is 12.2. The second-order valence-corrected chi connectivity index (χ2v) is 35.6. The van der Waals surface area contributed by atoms with Gasteiger partial charge < -0.3 is 146 Å². The lowest BCUT2D eigenvalue weighted by Gasteiger charge is -2.65. The summed E-state index contributed by atoms with van der Waals surface area (Å²) in [6, 6.07) is 8.48. The van der Waals surface area contributed by atoms with E-state index in [1.165, 1.54) is 44.1 Å². The number of hydrogen-bond acceptors (Lipinski definition) is 17. The number of piperidine rings is 3. The van der Waals surface area contributed by atoms with E-state index in [-0.39, 0.29) is 132 Å². The van der Waals surface area contributed by atoms with E-state index in [4.69, 9.17) is 29.5 Å². The number of carboxylic acid groups (broad SMARTS) is 6. The molecule has 0 radical (unpaired) electrons. The average Bonchev–Trinajstić information content (AvgIpc) is 1.02.